The third kappa shape index (κ3) is 5.56. The van der Waals surface area contributed by atoms with Gasteiger partial charge in [-0.1, -0.05) is 0 Å². The maximum absolute atomic E-state index is 6.32. The van der Waals surface area contributed by atoms with E-state index < -0.39 is 14.4 Å². The summed E-state index contributed by atoms with van der Waals surface area (Å²) in [5, 5.41) is 0. The molecule has 2 unspecified atom stereocenters. The van der Waals surface area contributed by atoms with Crippen LogP contribution >= 0.6 is 0 Å². The van der Waals surface area contributed by atoms with Gasteiger partial charge in [-0.25, -0.2) is 0 Å². The number of fused-ring (bicyclic) bond motifs is 2. The van der Waals surface area contributed by atoms with Crippen LogP contribution in [0.5, 0.6) is 0 Å². The zero-order chi connectivity index (χ0) is 40.7. The molecule has 0 saturated carbocycles. The number of rotatable bonds is 16. The van der Waals surface area contributed by atoms with Crippen molar-refractivity contribution in [1.82, 2.24) is 0 Å². The standard InChI is InChI=1S/2C17H23.2C6H5.2C4H9.H2Si.Zr/c2*1-6-13-7-15-9-14(11(2)3)10-16(12(4)5)17(15)8-13;2*1-2-4-6-5-3-1;2*1-3-4-2;;/h2*7-12H,6H2,1-5H3;2*1-5H;2*1,3-4H2,2H3;1H2;. The average molecular weight is 845 g/mol. The number of allylic oxidation sites excluding steroid dienone is 2. The fourth-order valence-corrected chi connectivity index (χ4v) is 66.7. The molecular formula is C54H76SiZr. The van der Waals surface area contributed by atoms with E-state index in [1.165, 1.54) is 45.1 Å². The van der Waals surface area contributed by atoms with Gasteiger partial charge in [0.05, 0.1) is 0 Å². The van der Waals surface area contributed by atoms with Gasteiger partial charge in [0.1, 0.15) is 0 Å². The van der Waals surface area contributed by atoms with Crippen molar-refractivity contribution >= 4 is 25.6 Å². The van der Waals surface area contributed by atoms with E-state index in [2.05, 4.69) is 187 Å². The van der Waals surface area contributed by atoms with Crippen LogP contribution in [0.3, 0.4) is 0 Å². The zero-order valence-electron chi connectivity index (χ0n) is 37.6. The van der Waals surface area contributed by atoms with Crippen molar-refractivity contribution in [3.63, 3.8) is 0 Å². The molecular weight excluding hydrogens is 768 g/mol. The minimum atomic E-state index is -6.32. The van der Waals surface area contributed by atoms with Gasteiger partial charge in [0.15, 0.2) is 0 Å². The van der Waals surface area contributed by atoms with Gasteiger partial charge in [0, 0.05) is 0 Å². The van der Waals surface area contributed by atoms with Gasteiger partial charge in [0.2, 0.25) is 0 Å². The van der Waals surface area contributed by atoms with Crippen LogP contribution in [-0.4, -0.2) is 6.88 Å². The second-order valence-electron chi connectivity index (χ2n) is 20.7. The molecule has 4 aromatic carbocycles. The summed E-state index contributed by atoms with van der Waals surface area (Å²) >= 11 is -6.32. The van der Waals surface area contributed by atoms with E-state index in [4.69, 9.17) is 0 Å². The van der Waals surface area contributed by atoms with Crippen LogP contribution in [0.25, 0.3) is 12.2 Å². The van der Waals surface area contributed by atoms with E-state index in [1.807, 2.05) is 0 Å². The molecule has 2 atom stereocenters. The van der Waals surface area contributed by atoms with Crippen LogP contribution < -0.4 is 6.54 Å². The average Bonchev–Trinajstić information content (AvgIpc) is 3.80. The molecule has 0 radical (unpaired) electrons. The van der Waals surface area contributed by atoms with Gasteiger partial charge in [-0.05, 0) is 0 Å². The van der Waals surface area contributed by atoms with Crippen LogP contribution in [0.15, 0.2) is 96.1 Å². The van der Waals surface area contributed by atoms with Crippen LogP contribution in [0, 0.1) is 0 Å². The molecule has 2 aliphatic rings. The van der Waals surface area contributed by atoms with E-state index in [1.54, 1.807) is 51.1 Å². The van der Waals surface area contributed by atoms with Gasteiger partial charge < -0.3 is 0 Å². The topological polar surface area (TPSA) is 0 Å². The van der Waals surface area contributed by atoms with Gasteiger partial charge in [-0.3, -0.25) is 0 Å². The third-order valence-corrected chi connectivity index (χ3v) is 67.2. The first-order valence-electron chi connectivity index (χ1n) is 22.9. The molecule has 0 nitrogen and oxygen atoms in total. The second-order valence-corrected chi connectivity index (χ2v) is 63.0. The molecule has 56 heavy (non-hydrogen) atoms. The fourth-order valence-electron chi connectivity index (χ4n) is 14.0. The van der Waals surface area contributed by atoms with Crippen molar-refractivity contribution in [2.45, 2.75) is 161 Å². The predicted octanol–water partition coefficient (Wildman–Crippen LogP) is 15.0. The molecule has 0 N–H and O–H groups in total. The van der Waals surface area contributed by atoms with Crippen LogP contribution in [0.2, 0.25) is 8.26 Å². The Labute approximate surface area is 339 Å². The summed E-state index contributed by atoms with van der Waals surface area (Å²) in [6, 6.07) is 35.8. The molecule has 0 saturated heterocycles. The van der Waals surface area contributed by atoms with Crippen molar-refractivity contribution in [2.24, 2.45) is 0 Å². The van der Waals surface area contributed by atoms with E-state index in [0.717, 1.165) is 12.8 Å². The molecule has 0 fully saturated rings. The summed E-state index contributed by atoms with van der Waals surface area (Å²) in [6.07, 6.45) is 12.4. The Bertz CT molecular complexity index is 2110. The molecule has 2 aliphatic carbocycles. The van der Waals surface area contributed by atoms with Crippen LogP contribution in [-0.2, 0) is 14.4 Å². The molecule has 0 heterocycles. The Balaban J connectivity index is 2.10. The zero-order valence-corrected chi connectivity index (χ0v) is 41.4. The Hall–Kier alpha value is -2.54. The van der Waals surface area contributed by atoms with Crippen LogP contribution in [0.1, 0.15) is 197 Å². The Morgan fingerprint density at radius 2 is 0.857 bits per heavy atom. The molecule has 0 bridgehead atoms. The van der Waals surface area contributed by atoms with E-state index in [9.17, 15) is 0 Å². The molecule has 300 valence electrons. The number of hydrogen-bond acceptors (Lipinski definition) is 0. The fraction of sp³-hybridized carbons (Fsp3) is 0.481. The second kappa shape index (κ2) is 14.9. The van der Waals surface area contributed by atoms with Crippen molar-refractivity contribution < 1.29 is 14.4 Å². The van der Waals surface area contributed by atoms with Crippen LogP contribution in [0.4, 0.5) is 0 Å². The summed E-state index contributed by atoms with van der Waals surface area (Å²) in [6.45, 7) is 32.1. The monoisotopic (exact) mass is 842 g/mol. The molecule has 4 aromatic rings. The van der Waals surface area contributed by atoms with Gasteiger partial charge in [0.25, 0.3) is 0 Å². The molecule has 0 aromatic heterocycles. The van der Waals surface area contributed by atoms with E-state index in [0.29, 0.717) is 30.9 Å². The molecule has 6 rings (SSSR count). The summed E-state index contributed by atoms with van der Waals surface area (Å²) in [5.41, 5.74) is 15.9. The summed E-state index contributed by atoms with van der Waals surface area (Å²) in [4.78, 5) is 0. The SMILES string of the molecule is CCC[CH2][Zr](=[SiH2])([CH2]CCC)([c]1ccccc1)([c]1ccccc1)([CH]1C(CC)=Cc2c(C(C)C)cc(C(C)C)cc21)[CH]1C(CC)=Cc2c(C(C)C)cc(C(C)C)cc21. The molecule has 0 amide bonds. The Kier molecular flexibility index (Phi) is 11.5. The Morgan fingerprint density at radius 1 is 0.500 bits per heavy atom. The predicted molar refractivity (Wildman–Crippen MR) is 251 cm³/mol. The van der Waals surface area contributed by atoms with Gasteiger partial charge in [-0.2, -0.15) is 0 Å². The summed E-state index contributed by atoms with van der Waals surface area (Å²) < 4.78 is 6.48. The molecule has 0 spiro atoms. The van der Waals surface area contributed by atoms with Crippen molar-refractivity contribution in [3.8, 4) is 0 Å². The first-order chi connectivity index (χ1) is 26.6. The van der Waals surface area contributed by atoms with Gasteiger partial charge >= 0.3 is 341 Å². The number of benzene rings is 4. The molecule has 2 heteroatoms. The first-order valence-corrected chi connectivity index (χ1v) is 37.6. The number of unbranched alkanes of at least 4 members (excludes halogenated alkanes) is 2. The summed E-state index contributed by atoms with van der Waals surface area (Å²) in [7, 11) is 0. The molecule has 0 aliphatic heterocycles. The summed E-state index contributed by atoms with van der Waals surface area (Å²) in [5.74, 6) is 1.79. The quantitative estimate of drug-likeness (QED) is 0.0986. The normalized spacial score (nSPS) is 18.8. The van der Waals surface area contributed by atoms with E-state index in [-0.39, 0.29) is 0 Å². The Morgan fingerprint density at radius 3 is 1.14 bits per heavy atom. The maximum atomic E-state index is 2.76. The van der Waals surface area contributed by atoms with Crippen molar-refractivity contribution in [1.29, 1.82) is 0 Å². The van der Waals surface area contributed by atoms with E-state index >= 15 is 0 Å². The third-order valence-electron chi connectivity index (χ3n) is 16.7. The van der Waals surface area contributed by atoms with Crippen molar-refractivity contribution in [3.05, 3.63) is 141 Å². The van der Waals surface area contributed by atoms with Gasteiger partial charge in [-0.15, -0.1) is 0 Å². The van der Waals surface area contributed by atoms with Crippen molar-refractivity contribution in [2.75, 3.05) is 0 Å². The number of hydrogen-bond donors (Lipinski definition) is 0. The minimum absolute atomic E-state index is 0.292. The first kappa shape index (κ1) is 43.0.